The standard InChI is InChI=1S/C20H20N2O6S/c1-13(12-23)27-16-9-14(20-21-8-7-19(24)22-20)10-17(11-16)28-15-3-5-18(6-4-15)29(2,25)26/h3-11,13,23H,12H2,1-2H3,(H,21,22,24). The van der Waals surface area contributed by atoms with Crippen LogP contribution in [0.1, 0.15) is 6.92 Å². The van der Waals surface area contributed by atoms with Gasteiger partial charge in [0.15, 0.2) is 9.84 Å². The number of aromatic amines is 1. The molecule has 0 saturated heterocycles. The van der Waals surface area contributed by atoms with Crippen molar-refractivity contribution in [1.29, 1.82) is 0 Å². The summed E-state index contributed by atoms with van der Waals surface area (Å²) in [6, 6.07) is 12.3. The first-order valence-corrected chi connectivity index (χ1v) is 10.6. The molecular formula is C20H20N2O6S. The molecule has 1 aromatic heterocycles. The zero-order valence-electron chi connectivity index (χ0n) is 15.8. The van der Waals surface area contributed by atoms with E-state index < -0.39 is 15.9 Å². The van der Waals surface area contributed by atoms with Crippen molar-refractivity contribution in [3.63, 3.8) is 0 Å². The lowest BCUT2D eigenvalue weighted by atomic mass is 10.2. The summed E-state index contributed by atoms with van der Waals surface area (Å²) in [6.07, 6.45) is 2.07. The smallest absolute Gasteiger partial charge is 0.251 e. The largest absolute Gasteiger partial charge is 0.488 e. The van der Waals surface area contributed by atoms with Crippen LogP contribution in [0.4, 0.5) is 0 Å². The first-order chi connectivity index (χ1) is 13.7. The average molecular weight is 416 g/mol. The minimum absolute atomic E-state index is 0.173. The summed E-state index contributed by atoms with van der Waals surface area (Å²) < 4.78 is 34.7. The van der Waals surface area contributed by atoms with Crippen LogP contribution in [0.25, 0.3) is 11.4 Å². The molecule has 1 heterocycles. The van der Waals surface area contributed by atoms with E-state index in [1.54, 1.807) is 37.3 Å². The molecule has 0 bridgehead atoms. The van der Waals surface area contributed by atoms with E-state index in [1.807, 2.05) is 0 Å². The third kappa shape index (κ3) is 5.43. The number of aromatic nitrogens is 2. The van der Waals surface area contributed by atoms with Crippen LogP contribution >= 0.6 is 0 Å². The lowest BCUT2D eigenvalue weighted by Crippen LogP contribution is -2.16. The van der Waals surface area contributed by atoms with Gasteiger partial charge in [-0.1, -0.05) is 0 Å². The van der Waals surface area contributed by atoms with E-state index in [4.69, 9.17) is 9.47 Å². The lowest BCUT2D eigenvalue weighted by molar-refractivity contribution is 0.129. The Hall–Kier alpha value is -3.17. The fourth-order valence-corrected chi connectivity index (χ4v) is 3.14. The van der Waals surface area contributed by atoms with Crippen molar-refractivity contribution in [1.82, 2.24) is 9.97 Å². The van der Waals surface area contributed by atoms with Gasteiger partial charge in [0.2, 0.25) is 0 Å². The molecule has 0 spiro atoms. The molecule has 2 N–H and O–H groups in total. The van der Waals surface area contributed by atoms with E-state index >= 15 is 0 Å². The summed E-state index contributed by atoms with van der Waals surface area (Å²) in [5.41, 5.74) is 0.247. The fourth-order valence-electron chi connectivity index (χ4n) is 2.51. The third-order valence-corrected chi connectivity index (χ3v) is 5.04. The van der Waals surface area contributed by atoms with Crippen molar-refractivity contribution < 1.29 is 23.0 Å². The van der Waals surface area contributed by atoms with Gasteiger partial charge < -0.3 is 19.6 Å². The molecule has 9 heteroatoms. The lowest BCUT2D eigenvalue weighted by Gasteiger charge is -2.15. The number of rotatable bonds is 7. The average Bonchev–Trinajstić information content (AvgIpc) is 2.67. The monoisotopic (exact) mass is 416 g/mol. The van der Waals surface area contributed by atoms with Gasteiger partial charge in [0.25, 0.3) is 5.56 Å². The molecule has 3 rings (SSSR count). The Bertz CT molecular complexity index is 1160. The van der Waals surface area contributed by atoms with Gasteiger partial charge in [-0.2, -0.15) is 0 Å². The van der Waals surface area contributed by atoms with Gasteiger partial charge in [-0.25, -0.2) is 13.4 Å². The maximum Gasteiger partial charge on any atom is 0.251 e. The summed E-state index contributed by atoms with van der Waals surface area (Å²) in [5.74, 6) is 1.56. The van der Waals surface area contributed by atoms with Gasteiger partial charge in [0, 0.05) is 30.1 Å². The predicted molar refractivity (Wildman–Crippen MR) is 107 cm³/mol. The van der Waals surface area contributed by atoms with Gasteiger partial charge in [0.1, 0.15) is 29.2 Å². The van der Waals surface area contributed by atoms with Crippen LogP contribution in [0.5, 0.6) is 17.2 Å². The molecule has 0 aliphatic carbocycles. The number of hydrogen-bond acceptors (Lipinski definition) is 7. The highest BCUT2D eigenvalue weighted by Gasteiger charge is 2.11. The van der Waals surface area contributed by atoms with Crippen molar-refractivity contribution in [3.8, 4) is 28.6 Å². The van der Waals surface area contributed by atoms with Crippen LogP contribution in [0.3, 0.4) is 0 Å². The minimum atomic E-state index is -3.30. The number of H-pyrrole nitrogens is 1. The Balaban J connectivity index is 1.97. The van der Waals surface area contributed by atoms with Gasteiger partial charge in [0.05, 0.1) is 11.5 Å². The van der Waals surface area contributed by atoms with Crippen LogP contribution in [-0.4, -0.2) is 42.5 Å². The molecule has 152 valence electrons. The first-order valence-electron chi connectivity index (χ1n) is 8.71. The van der Waals surface area contributed by atoms with Crippen molar-refractivity contribution in [2.75, 3.05) is 12.9 Å². The van der Waals surface area contributed by atoms with E-state index in [0.29, 0.717) is 28.6 Å². The van der Waals surface area contributed by atoms with Crippen molar-refractivity contribution in [2.45, 2.75) is 17.9 Å². The number of aliphatic hydroxyl groups excluding tert-OH is 1. The maximum atomic E-state index is 11.6. The third-order valence-electron chi connectivity index (χ3n) is 3.91. The molecule has 0 aliphatic heterocycles. The highest BCUT2D eigenvalue weighted by atomic mass is 32.2. The number of nitrogens with one attached hydrogen (secondary N) is 1. The molecule has 3 aromatic rings. The second kappa shape index (κ2) is 8.46. The number of aliphatic hydroxyl groups is 1. The molecule has 29 heavy (non-hydrogen) atoms. The van der Waals surface area contributed by atoms with E-state index in [2.05, 4.69) is 9.97 Å². The SMILES string of the molecule is CC(CO)Oc1cc(Oc2ccc(S(C)(=O)=O)cc2)cc(-c2nccc(=O)[nH]2)c1. The van der Waals surface area contributed by atoms with Crippen LogP contribution in [-0.2, 0) is 9.84 Å². The van der Waals surface area contributed by atoms with E-state index in [9.17, 15) is 18.3 Å². The molecule has 0 saturated carbocycles. The predicted octanol–water partition coefficient (Wildman–Crippen LogP) is 2.39. The van der Waals surface area contributed by atoms with Gasteiger partial charge in [-0.05, 0) is 43.3 Å². The Morgan fingerprint density at radius 3 is 2.38 bits per heavy atom. The highest BCUT2D eigenvalue weighted by Crippen LogP contribution is 2.31. The molecule has 2 aromatic carbocycles. The van der Waals surface area contributed by atoms with E-state index in [-0.39, 0.29) is 17.1 Å². The van der Waals surface area contributed by atoms with Crippen LogP contribution in [0.15, 0.2) is 64.4 Å². The van der Waals surface area contributed by atoms with Crippen molar-refractivity contribution in [3.05, 3.63) is 65.1 Å². The molecule has 8 nitrogen and oxygen atoms in total. The topological polar surface area (TPSA) is 119 Å². The van der Waals surface area contributed by atoms with Crippen LogP contribution < -0.4 is 15.0 Å². The normalized spacial score (nSPS) is 12.4. The highest BCUT2D eigenvalue weighted by molar-refractivity contribution is 7.90. The number of hydrogen-bond donors (Lipinski definition) is 2. The summed E-state index contributed by atoms with van der Waals surface area (Å²) >= 11 is 0. The van der Waals surface area contributed by atoms with Crippen molar-refractivity contribution in [2.24, 2.45) is 0 Å². The molecule has 0 amide bonds. The quantitative estimate of drug-likeness (QED) is 0.607. The molecular weight excluding hydrogens is 396 g/mol. The number of nitrogens with zero attached hydrogens (tertiary/aromatic N) is 1. The summed E-state index contributed by atoms with van der Waals surface area (Å²) in [4.78, 5) is 18.6. The Morgan fingerprint density at radius 1 is 1.07 bits per heavy atom. The molecule has 1 unspecified atom stereocenters. The van der Waals surface area contributed by atoms with Gasteiger partial charge in [-0.15, -0.1) is 0 Å². The van der Waals surface area contributed by atoms with Crippen LogP contribution in [0.2, 0.25) is 0 Å². The molecule has 0 radical (unpaired) electrons. The number of ether oxygens (including phenoxy) is 2. The van der Waals surface area contributed by atoms with E-state index in [0.717, 1.165) is 6.26 Å². The number of sulfone groups is 1. The van der Waals surface area contributed by atoms with Crippen molar-refractivity contribution >= 4 is 9.84 Å². The van der Waals surface area contributed by atoms with E-state index in [1.165, 1.54) is 24.4 Å². The Morgan fingerprint density at radius 2 is 1.76 bits per heavy atom. The summed E-state index contributed by atoms with van der Waals surface area (Å²) in [6.45, 7) is 1.54. The number of benzene rings is 2. The maximum absolute atomic E-state index is 11.6. The first kappa shape index (κ1) is 20.6. The van der Waals surface area contributed by atoms with Gasteiger partial charge in [-0.3, -0.25) is 4.79 Å². The Labute approximate surface area is 167 Å². The second-order valence-electron chi connectivity index (χ2n) is 6.43. The molecule has 0 fully saturated rings. The van der Waals surface area contributed by atoms with Crippen LogP contribution in [0, 0.1) is 0 Å². The fraction of sp³-hybridized carbons (Fsp3) is 0.200. The molecule has 0 aliphatic rings. The van der Waals surface area contributed by atoms with Gasteiger partial charge >= 0.3 is 0 Å². The minimum Gasteiger partial charge on any atom is -0.488 e. The second-order valence-corrected chi connectivity index (χ2v) is 8.45. The molecule has 1 atom stereocenters. The summed E-state index contributed by atoms with van der Waals surface area (Å²) in [5, 5.41) is 9.25. The zero-order valence-corrected chi connectivity index (χ0v) is 16.6. The Kier molecular flexibility index (Phi) is 6.00. The summed E-state index contributed by atoms with van der Waals surface area (Å²) in [7, 11) is -3.30. The zero-order chi connectivity index (χ0) is 21.0.